The van der Waals surface area contributed by atoms with Crippen molar-refractivity contribution in [3.63, 3.8) is 0 Å². The van der Waals surface area contributed by atoms with Gasteiger partial charge in [0.05, 0.1) is 36.2 Å². The number of hydrogen-bond donors (Lipinski definition) is 2. The summed E-state index contributed by atoms with van der Waals surface area (Å²) in [5.74, 6) is 0.524. The molecule has 2 aromatic carbocycles. The van der Waals surface area contributed by atoms with E-state index in [4.69, 9.17) is 9.72 Å². The zero-order valence-electron chi connectivity index (χ0n) is 16.3. The van der Waals surface area contributed by atoms with Gasteiger partial charge in [0, 0.05) is 30.5 Å². The van der Waals surface area contributed by atoms with Crippen LogP contribution in [-0.2, 0) is 4.74 Å². The van der Waals surface area contributed by atoms with Gasteiger partial charge in [-0.15, -0.1) is 0 Å². The third kappa shape index (κ3) is 3.62. The molecule has 4 aromatic rings. The molecule has 0 spiro atoms. The smallest absolute Gasteiger partial charge is 0.257 e. The van der Waals surface area contributed by atoms with Crippen LogP contribution < -0.4 is 10.2 Å². The Morgan fingerprint density at radius 3 is 2.77 bits per heavy atom. The lowest BCUT2D eigenvalue weighted by Gasteiger charge is -2.29. The number of para-hydroxylation sites is 1. The first kappa shape index (κ1) is 18.3. The van der Waals surface area contributed by atoms with Gasteiger partial charge in [0.15, 0.2) is 0 Å². The number of fused-ring (bicyclic) bond motifs is 1. The minimum Gasteiger partial charge on any atom is -0.378 e. The fourth-order valence-electron chi connectivity index (χ4n) is 3.66. The van der Waals surface area contributed by atoms with Crippen molar-refractivity contribution in [3.05, 3.63) is 72.6 Å². The van der Waals surface area contributed by atoms with E-state index in [1.54, 1.807) is 30.6 Å². The Kier molecular flexibility index (Phi) is 4.86. The molecule has 0 unspecified atom stereocenters. The topological polar surface area (TPSA) is 83.1 Å². The summed E-state index contributed by atoms with van der Waals surface area (Å²) in [6.45, 7) is 3.24. The molecule has 1 saturated heterocycles. The van der Waals surface area contributed by atoms with Gasteiger partial charge < -0.3 is 19.9 Å². The minimum atomic E-state index is -0.214. The molecule has 150 valence electrons. The fourth-order valence-corrected chi connectivity index (χ4v) is 3.66. The molecule has 0 saturated carbocycles. The highest BCUT2D eigenvalue weighted by molar-refractivity contribution is 6.11. The molecular formula is C23H21N5O2. The number of amides is 1. The van der Waals surface area contributed by atoms with E-state index in [-0.39, 0.29) is 5.91 Å². The van der Waals surface area contributed by atoms with Gasteiger partial charge in [0.25, 0.3) is 5.91 Å². The number of benzene rings is 2. The van der Waals surface area contributed by atoms with Gasteiger partial charge >= 0.3 is 0 Å². The van der Waals surface area contributed by atoms with Crippen LogP contribution in [0.1, 0.15) is 10.4 Å². The Labute approximate surface area is 173 Å². The Morgan fingerprint density at radius 1 is 1.07 bits per heavy atom. The number of aromatic amines is 1. The van der Waals surface area contributed by atoms with Crippen molar-refractivity contribution in [2.24, 2.45) is 0 Å². The minimum absolute atomic E-state index is 0.214. The number of anilines is 2. The first-order chi connectivity index (χ1) is 14.8. The maximum atomic E-state index is 12.8. The summed E-state index contributed by atoms with van der Waals surface area (Å²) in [5.41, 5.74) is 4.75. The van der Waals surface area contributed by atoms with E-state index in [1.165, 1.54) is 0 Å². The van der Waals surface area contributed by atoms with Crippen molar-refractivity contribution >= 4 is 28.3 Å². The van der Waals surface area contributed by atoms with Crippen LogP contribution >= 0.6 is 0 Å². The van der Waals surface area contributed by atoms with E-state index < -0.39 is 0 Å². The molecule has 1 fully saturated rings. The SMILES string of the molecule is O=C(Nc1cccnc1)c1cccc2[nH]c(-c3cccc(N4CCOCC4)c3)nc12. The second-order valence-electron chi connectivity index (χ2n) is 7.13. The molecule has 0 radical (unpaired) electrons. The molecule has 1 amide bonds. The highest BCUT2D eigenvalue weighted by Gasteiger charge is 2.16. The number of carbonyl (C=O) groups is 1. The van der Waals surface area contributed by atoms with Gasteiger partial charge in [-0.3, -0.25) is 9.78 Å². The van der Waals surface area contributed by atoms with E-state index in [0.29, 0.717) is 16.8 Å². The maximum Gasteiger partial charge on any atom is 0.257 e. The van der Waals surface area contributed by atoms with Crippen LogP contribution in [0, 0.1) is 0 Å². The molecular weight excluding hydrogens is 378 g/mol. The predicted octanol–water partition coefficient (Wildman–Crippen LogP) is 3.71. The first-order valence-electron chi connectivity index (χ1n) is 9.91. The van der Waals surface area contributed by atoms with E-state index in [0.717, 1.165) is 48.9 Å². The van der Waals surface area contributed by atoms with Crippen molar-refractivity contribution < 1.29 is 9.53 Å². The normalized spacial score (nSPS) is 14.1. The highest BCUT2D eigenvalue weighted by Crippen LogP contribution is 2.27. The van der Waals surface area contributed by atoms with Crippen LogP contribution in [0.3, 0.4) is 0 Å². The number of rotatable bonds is 4. The molecule has 0 aliphatic carbocycles. The number of hydrogen-bond acceptors (Lipinski definition) is 5. The van der Waals surface area contributed by atoms with Crippen molar-refractivity contribution in [1.29, 1.82) is 0 Å². The third-order valence-corrected chi connectivity index (χ3v) is 5.17. The molecule has 7 heteroatoms. The number of ether oxygens (including phenoxy) is 1. The summed E-state index contributed by atoms with van der Waals surface area (Å²) in [6, 6.07) is 17.4. The van der Waals surface area contributed by atoms with E-state index in [9.17, 15) is 4.79 Å². The lowest BCUT2D eigenvalue weighted by atomic mass is 10.1. The van der Waals surface area contributed by atoms with Crippen LogP contribution in [-0.4, -0.2) is 47.2 Å². The zero-order valence-corrected chi connectivity index (χ0v) is 16.3. The Hall–Kier alpha value is -3.71. The molecule has 2 N–H and O–H groups in total. The fraction of sp³-hybridized carbons (Fsp3) is 0.174. The predicted molar refractivity (Wildman–Crippen MR) is 117 cm³/mol. The molecule has 0 bridgehead atoms. The monoisotopic (exact) mass is 399 g/mol. The summed E-state index contributed by atoms with van der Waals surface area (Å²) in [7, 11) is 0. The van der Waals surface area contributed by atoms with Crippen molar-refractivity contribution in [2.75, 3.05) is 36.5 Å². The summed E-state index contributed by atoms with van der Waals surface area (Å²) in [4.78, 5) is 27.3. The van der Waals surface area contributed by atoms with Gasteiger partial charge in [-0.25, -0.2) is 4.98 Å². The number of carbonyl (C=O) groups excluding carboxylic acids is 1. The van der Waals surface area contributed by atoms with E-state index in [1.807, 2.05) is 24.3 Å². The molecule has 30 heavy (non-hydrogen) atoms. The Balaban J connectivity index is 1.47. The van der Waals surface area contributed by atoms with Crippen molar-refractivity contribution in [3.8, 4) is 11.4 Å². The number of morpholine rings is 1. The Morgan fingerprint density at radius 2 is 1.93 bits per heavy atom. The largest absolute Gasteiger partial charge is 0.378 e. The highest BCUT2D eigenvalue weighted by atomic mass is 16.5. The third-order valence-electron chi connectivity index (χ3n) is 5.17. The van der Waals surface area contributed by atoms with Crippen molar-refractivity contribution in [1.82, 2.24) is 15.0 Å². The van der Waals surface area contributed by atoms with Crippen LogP contribution in [0.5, 0.6) is 0 Å². The molecule has 2 aromatic heterocycles. The number of nitrogens with one attached hydrogen (secondary N) is 2. The molecule has 7 nitrogen and oxygen atoms in total. The lowest BCUT2D eigenvalue weighted by molar-refractivity contribution is 0.102. The number of nitrogens with zero attached hydrogens (tertiary/aromatic N) is 3. The number of pyridine rings is 1. The second-order valence-corrected chi connectivity index (χ2v) is 7.13. The van der Waals surface area contributed by atoms with Gasteiger partial charge in [0.2, 0.25) is 0 Å². The van der Waals surface area contributed by atoms with Gasteiger partial charge in [0.1, 0.15) is 11.3 Å². The van der Waals surface area contributed by atoms with Crippen molar-refractivity contribution in [2.45, 2.75) is 0 Å². The maximum absolute atomic E-state index is 12.8. The Bertz CT molecular complexity index is 1180. The molecule has 1 aliphatic heterocycles. The van der Waals surface area contributed by atoms with Crippen LogP contribution in [0.4, 0.5) is 11.4 Å². The van der Waals surface area contributed by atoms with Crippen LogP contribution in [0.2, 0.25) is 0 Å². The number of imidazole rings is 1. The quantitative estimate of drug-likeness (QED) is 0.547. The zero-order chi connectivity index (χ0) is 20.3. The van der Waals surface area contributed by atoms with E-state index in [2.05, 4.69) is 32.3 Å². The molecule has 1 aliphatic rings. The second kappa shape index (κ2) is 7.96. The van der Waals surface area contributed by atoms with Crippen LogP contribution in [0.25, 0.3) is 22.4 Å². The van der Waals surface area contributed by atoms with E-state index >= 15 is 0 Å². The molecule has 0 atom stereocenters. The average molecular weight is 399 g/mol. The number of H-pyrrole nitrogens is 1. The summed E-state index contributed by atoms with van der Waals surface area (Å²) in [6.07, 6.45) is 3.28. The average Bonchev–Trinajstić information content (AvgIpc) is 3.25. The molecule has 5 rings (SSSR count). The number of aromatic nitrogens is 3. The molecule has 3 heterocycles. The summed E-state index contributed by atoms with van der Waals surface area (Å²) >= 11 is 0. The van der Waals surface area contributed by atoms with Gasteiger partial charge in [-0.2, -0.15) is 0 Å². The summed E-state index contributed by atoms with van der Waals surface area (Å²) < 4.78 is 5.45. The standard InChI is InChI=1S/C23H21N5O2/c29-23(25-17-5-3-9-24-15-17)19-7-2-8-20-21(19)27-22(26-20)16-4-1-6-18(14-16)28-10-12-30-13-11-28/h1-9,14-15H,10-13H2,(H,25,29)(H,26,27). The van der Waals surface area contributed by atoms with Crippen LogP contribution in [0.15, 0.2) is 67.0 Å². The van der Waals surface area contributed by atoms with Gasteiger partial charge in [-0.1, -0.05) is 18.2 Å². The first-order valence-corrected chi connectivity index (χ1v) is 9.91. The van der Waals surface area contributed by atoms with Gasteiger partial charge in [-0.05, 0) is 36.4 Å². The lowest BCUT2D eigenvalue weighted by Crippen LogP contribution is -2.36. The summed E-state index contributed by atoms with van der Waals surface area (Å²) in [5, 5.41) is 2.88.